The Bertz CT molecular complexity index is 393. The van der Waals surface area contributed by atoms with E-state index in [2.05, 4.69) is 5.16 Å². The summed E-state index contributed by atoms with van der Waals surface area (Å²) in [6.45, 7) is 5.86. The van der Waals surface area contributed by atoms with Gasteiger partial charge in [0.05, 0.1) is 24.5 Å². The predicted octanol–water partition coefficient (Wildman–Crippen LogP) is 1.48. The van der Waals surface area contributed by atoms with E-state index in [0.29, 0.717) is 12.2 Å². The van der Waals surface area contributed by atoms with E-state index in [4.69, 9.17) is 9.57 Å². The average Bonchev–Trinajstić information content (AvgIpc) is 2.48. The fourth-order valence-electron chi connectivity index (χ4n) is 1.88. The lowest BCUT2D eigenvalue weighted by Gasteiger charge is -2.19. The molecule has 1 aliphatic carbocycles. The minimum atomic E-state index is -0.516. The van der Waals surface area contributed by atoms with Crippen LogP contribution in [0.15, 0.2) is 16.3 Å². The van der Waals surface area contributed by atoms with E-state index in [-0.39, 0.29) is 17.8 Å². The molecule has 5 heteroatoms. The van der Waals surface area contributed by atoms with Crippen LogP contribution in [0.5, 0.6) is 0 Å². The number of Topliss-reactive ketones (excluding diaryl/α,β-unsaturated/α-hetero) is 1. The fraction of sp³-hybridized carbons (Fsp3) is 0.583. The molecule has 5 nitrogen and oxygen atoms in total. The molecule has 0 aromatic carbocycles. The van der Waals surface area contributed by atoms with Crippen LogP contribution >= 0.6 is 0 Å². The summed E-state index contributed by atoms with van der Waals surface area (Å²) in [6, 6.07) is 0. The lowest BCUT2D eigenvalue weighted by Crippen LogP contribution is -2.19. The molecule has 0 amide bonds. The van der Waals surface area contributed by atoms with Gasteiger partial charge in [-0.15, -0.1) is 0 Å². The van der Waals surface area contributed by atoms with Crippen LogP contribution in [0, 0.1) is 5.41 Å². The number of allylic oxidation sites excluding steroid dienone is 1. The molecule has 94 valence electrons. The maximum Gasteiger partial charge on any atom is 0.335 e. The first kappa shape index (κ1) is 13.4. The summed E-state index contributed by atoms with van der Waals surface area (Å²) in [4.78, 5) is 28.3. The van der Waals surface area contributed by atoms with Gasteiger partial charge in [0.15, 0.2) is 5.78 Å². The van der Waals surface area contributed by atoms with Crippen molar-refractivity contribution in [1.82, 2.24) is 0 Å². The van der Waals surface area contributed by atoms with Crippen LogP contribution in [-0.4, -0.2) is 31.7 Å². The molecular weight excluding hydrogens is 222 g/mol. The third kappa shape index (κ3) is 2.72. The Morgan fingerprint density at radius 1 is 1.53 bits per heavy atom. The van der Waals surface area contributed by atoms with Crippen LogP contribution in [-0.2, 0) is 19.2 Å². The van der Waals surface area contributed by atoms with Crippen molar-refractivity contribution < 1.29 is 19.2 Å². The molecule has 1 rings (SSSR count). The van der Waals surface area contributed by atoms with Crippen molar-refractivity contribution in [2.75, 3.05) is 13.7 Å². The Balaban J connectivity index is 3.14. The molecule has 0 unspecified atom stereocenters. The smallest absolute Gasteiger partial charge is 0.335 e. The summed E-state index contributed by atoms with van der Waals surface area (Å²) in [6.07, 6.45) is 1.58. The summed E-state index contributed by atoms with van der Waals surface area (Å²) in [5, 5.41) is 3.64. The number of ketones is 1. The van der Waals surface area contributed by atoms with E-state index in [0.717, 1.165) is 0 Å². The Labute approximate surface area is 100 Å². The summed E-state index contributed by atoms with van der Waals surface area (Å²) in [5.41, 5.74) is 0.140. The van der Waals surface area contributed by atoms with E-state index in [1.54, 1.807) is 6.92 Å². The number of oxime groups is 1. The van der Waals surface area contributed by atoms with Crippen molar-refractivity contribution in [3.8, 4) is 0 Å². The Morgan fingerprint density at radius 3 is 2.71 bits per heavy atom. The summed E-state index contributed by atoms with van der Waals surface area (Å²) in [7, 11) is 1.30. The lowest BCUT2D eigenvalue weighted by atomic mass is 9.85. The van der Waals surface area contributed by atoms with Crippen molar-refractivity contribution in [3.63, 3.8) is 0 Å². The third-order valence-electron chi connectivity index (χ3n) is 2.62. The zero-order chi connectivity index (χ0) is 13.1. The predicted molar refractivity (Wildman–Crippen MR) is 62.6 cm³/mol. The van der Waals surface area contributed by atoms with E-state index >= 15 is 0 Å². The number of carbonyl (C=O) groups excluding carboxylic acids is 2. The summed E-state index contributed by atoms with van der Waals surface area (Å²) < 4.78 is 4.70. The molecule has 0 aromatic heterocycles. The van der Waals surface area contributed by atoms with E-state index in [1.165, 1.54) is 13.3 Å². The number of nitrogens with zero attached hydrogens (tertiary/aromatic N) is 1. The topological polar surface area (TPSA) is 65.0 Å². The third-order valence-corrected chi connectivity index (χ3v) is 2.62. The second kappa shape index (κ2) is 5.12. The van der Waals surface area contributed by atoms with Gasteiger partial charge in [-0.3, -0.25) is 4.79 Å². The van der Waals surface area contributed by atoms with Gasteiger partial charge in [0.2, 0.25) is 0 Å². The normalized spacial score (nSPS) is 18.9. The lowest BCUT2D eigenvalue weighted by molar-refractivity contribution is -0.137. The number of ether oxygens (including phenoxy) is 1. The van der Waals surface area contributed by atoms with Crippen molar-refractivity contribution in [2.24, 2.45) is 10.6 Å². The first-order valence-corrected chi connectivity index (χ1v) is 5.45. The van der Waals surface area contributed by atoms with Crippen LogP contribution < -0.4 is 0 Å². The molecule has 17 heavy (non-hydrogen) atoms. The largest absolute Gasteiger partial charge is 0.466 e. The highest BCUT2D eigenvalue weighted by atomic mass is 16.6. The highest BCUT2D eigenvalue weighted by molar-refractivity contribution is 6.21. The Morgan fingerprint density at radius 2 is 2.18 bits per heavy atom. The first-order chi connectivity index (χ1) is 7.94. The maximum absolute atomic E-state index is 11.8. The molecule has 0 fully saturated rings. The average molecular weight is 239 g/mol. The molecule has 0 saturated heterocycles. The number of carbonyl (C=O) groups is 2. The van der Waals surface area contributed by atoms with E-state index < -0.39 is 11.4 Å². The molecule has 1 aliphatic rings. The molecule has 0 aliphatic heterocycles. The molecule has 0 aromatic rings. The monoisotopic (exact) mass is 239 g/mol. The second-order valence-electron chi connectivity index (χ2n) is 4.42. The highest BCUT2D eigenvalue weighted by Crippen LogP contribution is 2.40. The molecule has 0 spiro atoms. The molecule has 0 radical (unpaired) electrons. The number of esters is 1. The van der Waals surface area contributed by atoms with Gasteiger partial charge in [-0.25, -0.2) is 4.79 Å². The quantitative estimate of drug-likeness (QED) is 0.423. The van der Waals surface area contributed by atoms with E-state index in [1.807, 2.05) is 13.8 Å². The first-order valence-electron chi connectivity index (χ1n) is 5.45. The molecule has 0 heterocycles. The zero-order valence-electron chi connectivity index (χ0n) is 10.6. The van der Waals surface area contributed by atoms with Gasteiger partial charge in [0.1, 0.15) is 6.61 Å². The van der Waals surface area contributed by atoms with Crippen LogP contribution in [0.25, 0.3) is 0 Å². The molecular formula is C12H17NO4. The van der Waals surface area contributed by atoms with Gasteiger partial charge in [-0.05, 0) is 6.92 Å². The number of methoxy groups -OCH3 is 1. The molecule has 0 saturated carbocycles. The highest BCUT2D eigenvalue weighted by Gasteiger charge is 2.42. The number of hydrogen-bond donors (Lipinski definition) is 0. The van der Waals surface area contributed by atoms with Gasteiger partial charge >= 0.3 is 5.97 Å². The second-order valence-corrected chi connectivity index (χ2v) is 4.42. The number of hydrogen-bond acceptors (Lipinski definition) is 5. The standard InChI is InChI=1S/C12H17NO4/c1-5-17-13-7-8-9(14)6-12(2,3)10(8)11(15)16-4/h7H,5-6H2,1-4H3/b13-7-. The van der Waals surface area contributed by atoms with Gasteiger partial charge in [-0.1, -0.05) is 19.0 Å². The van der Waals surface area contributed by atoms with Crippen molar-refractivity contribution in [3.05, 3.63) is 11.1 Å². The number of rotatable bonds is 4. The van der Waals surface area contributed by atoms with Crippen LogP contribution in [0.3, 0.4) is 0 Å². The van der Waals surface area contributed by atoms with Crippen LogP contribution in [0.2, 0.25) is 0 Å². The zero-order valence-corrected chi connectivity index (χ0v) is 10.6. The minimum Gasteiger partial charge on any atom is -0.466 e. The van der Waals surface area contributed by atoms with Crippen molar-refractivity contribution >= 4 is 18.0 Å². The fourth-order valence-corrected chi connectivity index (χ4v) is 1.88. The van der Waals surface area contributed by atoms with Gasteiger partial charge in [-0.2, -0.15) is 0 Å². The van der Waals surface area contributed by atoms with Crippen molar-refractivity contribution in [1.29, 1.82) is 0 Å². The van der Waals surface area contributed by atoms with Crippen LogP contribution in [0.1, 0.15) is 27.2 Å². The Hall–Kier alpha value is -1.65. The molecule has 0 atom stereocenters. The maximum atomic E-state index is 11.8. The SMILES string of the molecule is CCO/N=C\C1=C(C(=O)OC)C(C)(C)CC1=O. The van der Waals surface area contributed by atoms with Gasteiger partial charge < -0.3 is 9.57 Å². The van der Waals surface area contributed by atoms with Gasteiger partial charge in [0, 0.05) is 11.8 Å². The minimum absolute atomic E-state index is 0.112. The summed E-state index contributed by atoms with van der Waals surface area (Å²) in [5.74, 6) is -0.599. The van der Waals surface area contributed by atoms with Crippen LogP contribution in [0.4, 0.5) is 0 Å². The van der Waals surface area contributed by atoms with E-state index in [9.17, 15) is 9.59 Å². The van der Waals surface area contributed by atoms with Crippen molar-refractivity contribution in [2.45, 2.75) is 27.2 Å². The molecule has 0 N–H and O–H groups in total. The van der Waals surface area contributed by atoms with Gasteiger partial charge in [0.25, 0.3) is 0 Å². The Kier molecular flexibility index (Phi) is 4.04. The summed E-state index contributed by atoms with van der Waals surface area (Å²) >= 11 is 0. The molecule has 0 bridgehead atoms.